The van der Waals surface area contributed by atoms with Gasteiger partial charge in [-0.25, -0.2) is 0 Å². The molecule has 0 radical (unpaired) electrons. The monoisotopic (exact) mass is 463 g/mol. The number of carbonyl (C=O) groups is 3. The lowest BCUT2D eigenvalue weighted by Crippen LogP contribution is -2.57. The van der Waals surface area contributed by atoms with Crippen LogP contribution in [-0.4, -0.2) is 93.4 Å². The number of fused-ring (bicyclic) bond motifs is 1. The number of hydrogen-bond acceptors (Lipinski definition) is 5. The molecule has 178 valence electrons. The molecule has 3 amide bonds. The number of amides is 3. The SMILES string of the molecule is C=CCN(C)C(=O)[C@@H]1[C@@H]2CC(C)C3(S2)C(C(=O)N(CC=C)CCCC)N(CCO)C(=O)[C@H]13. The summed E-state index contributed by atoms with van der Waals surface area (Å²) in [4.78, 5) is 46.0. The highest BCUT2D eigenvalue weighted by molar-refractivity contribution is 8.02. The molecule has 0 aromatic rings. The van der Waals surface area contributed by atoms with Crippen molar-refractivity contribution < 1.29 is 19.5 Å². The second-order valence-corrected chi connectivity index (χ2v) is 10.8. The maximum Gasteiger partial charge on any atom is 0.247 e. The number of unbranched alkanes of at least 4 members (excludes halogenated alkanes) is 1. The number of thioether (sulfide) groups is 1. The maximum atomic E-state index is 13.9. The Balaban J connectivity index is 2.03. The van der Waals surface area contributed by atoms with Gasteiger partial charge in [0.05, 0.1) is 23.2 Å². The smallest absolute Gasteiger partial charge is 0.247 e. The van der Waals surface area contributed by atoms with Crippen LogP contribution in [-0.2, 0) is 14.4 Å². The molecule has 1 N–H and O–H groups in total. The van der Waals surface area contributed by atoms with Gasteiger partial charge in [0.25, 0.3) is 0 Å². The minimum Gasteiger partial charge on any atom is -0.395 e. The highest BCUT2D eigenvalue weighted by Crippen LogP contribution is 2.68. The van der Waals surface area contributed by atoms with E-state index >= 15 is 0 Å². The molecule has 2 bridgehead atoms. The standard InChI is InChI=1S/C24H37N3O4S/c1-6-9-12-26(11-8-3)23(31)20-24-16(4)15-17(32-24)18(21(29)25(5)10-7-2)19(24)22(30)27(20)13-14-28/h7-8,16-20,28H,2-3,6,9-15H2,1,4-5H3/t16?,17-,18+,19-,20?,24?/m0/s1. The Kier molecular flexibility index (Phi) is 7.76. The first-order chi connectivity index (χ1) is 15.3. The van der Waals surface area contributed by atoms with Crippen molar-refractivity contribution in [3.8, 4) is 0 Å². The second-order valence-electron chi connectivity index (χ2n) is 9.24. The van der Waals surface area contributed by atoms with Crippen LogP contribution in [0.5, 0.6) is 0 Å². The molecule has 8 heteroatoms. The van der Waals surface area contributed by atoms with E-state index in [-0.39, 0.29) is 42.0 Å². The number of rotatable bonds is 11. The molecular formula is C24H37N3O4S. The van der Waals surface area contributed by atoms with Gasteiger partial charge >= 0.3 is 0 Å². The molecule has 7 nitrogen and oxygen atoms in total. The van der Waals surface area contributed by atoms with Gasteiger partial charge in [0.15, 0.2) is 0 Å². The van der Waals surface area contributed by atoms with Crippen molar-refractivity contribution in [3.05, 3.63) is 25.3 Å². The van der Waals surface area contributed by atoms with E-state index < -0.39 is 22.6 Å². The predicted octanol–water partition coefficient (Wildman–Crippen LogP) is 1.77. The number of aliphatic hydroxyl groups is 1. The molecule has 3 saturated heterocycles. The van der Waals surface area contributed by atoms with E-state index in [0.29, 0.717) is 19.6 Å². The van der Waals surface area contributed by atoms with Crippen LogP contribution >= 0.6 is 11.8 Å². The normalized spacial score (nSPS) is 32.7. The first-order valence-electron chi connectivity index (χ1n) is 11.6. The number of carbonyl (C=O) groups excluding carboxylic acids is 3. The van der Waals surface area contributed by atoms with E-state index in [9.17, 15) is 19.5 Å². The Morgan fingerprint density at radius 3 is 2.56 bits per heavy atom. The van der Waals surface area contributed by atoms with Crippen molar-refractivity contribution in [1.82, 2.24) is 14.7 Å². The highest BCUT2D eigenvalue weighted by atomic mass is 32.2. The molecule has 0 aromatic heterocycles. The fourth-order valence-corrected chi connectivity index (χ4v) is 8.35. The van der Waals surface area contributed by atoms with Crippen LogP contribution < -0.4 is 0 Å². The van der Waals surface area contributed by atoms with Gasteiger partial charge in [-0.1, -0.05) is 32.4 Å². The molecule has 32 heavy (non-hydrogen) atoms. The third-order valence-electron chi connectivity index (χ3n) is 7.33. The summed E-state index contributed by atoms with van der Waals surface area (Å²) in [5, 5.41) is 9.75. The Bertz CT molecular complexity index is 774. The van der Waals surface area contributed by atoms with E-state index in [1.54, 1.807) is 45.7 Å². The topological polar surface area (TPSA) is 81.2 Å². The second kappa shape index (κ2) is 10.00. The summed E-state index contributed by atoms with van der Waals surface area (Å²) in [5.74, 6) is -1.18. The number of hydrogen-bond donors (Lipinski definition) is 1. The Morgan fingerprint density at radius 2 is 1.97 bits per heavy atom. The van der Waals surface area contributed by atoms with Gasteiger partial charge in [0.1, 0.15) is 6.04 Å². The van der Waals surface area contributed by atoms with Crippen molar-refractivity contribution >= 4 is 29.5 Å². The highest BCUT2D eigenvalue weighted by Gasteiger charge is 2.76. The van der Waals surface area contributed by atoms with E-state index in [1.807, 2.05) is 0 Å². The van der Waals surface area contributed by atoms with Crippen LogP contribution in [0.15, 0.2) is 25.3 Å². The average molecular weight is 464 g/mol. The van der Waals surface area contributed by atoms with Crippen molar-refractivity contribution in [2.24, 2.45) is 17.8 Å². The minimum atomic E-state index is -0.670. The first-order valence-corrected chi connectivity index (χ1v) is 12.5. The zero-order valence-electron chi connectivity index (χ0n) is 19.5. The molecule has 3 aliphatic heterocycles. The summed E-state index contributed by atoms with van der Waals surface area (Å²) in [5.41, 5.74) is 0. The third-order valence-corrected chi connectivity index (χ3v) is 9.40. The summed E-state index contributed by atoms with van der Waals surface area (Å²) >= 11 is 1.67. The van der Waals surface area contributed by atoms with Gasteiger partial charge in [0.2, 0.25) is 17.7 Å². The molecular weight excluding hydrogens is 426 g/mol. The Hall–Kier alpha value is -1.80. The average Bonchev–Trinajstić information content (AvgIpc) is 3.35. The van der Waals surface area contributed by atoms with Crippen LogP contribution in [0.1, 0.15) is 33.1 Å². The van der Waals surface area contributed by atoms with Crippen molar-refractivity contribution in [2.75, 3.05) is 39.8 Å². The zero-order valence-corrected chi connectivity index (χ0v) is 20.4. The largest absolute Gasteiger partial charge is 0.395 e. The van der Waals surface area contributed by atoms with Gasteiger partial charge in [-0.2, -0.15) is 0 Å². The van der Waals surface area contributed by atoms with E-state index in [4.69, 9.17) is 0 Å². The minimum absolute atomic E-state index is 0.0220. The van der Waals surface area contributed by atoms with E-state index in [1.165, 1.54) is 0 Å². The fraction of sp³-hybridized carbons (Fsp3) is 0.708. The van der Waals surface area contributed by atoms with Gasteiger partial charge in [-0.3, -0.25) is 14.4 Å². The van der Waals surface area contributed by atoms with Crippen LogP contribution in [0.3, 0.4) is 0 Å². The summed E-state index contributed by atoms with van der Waals surface area (Å²) in [6, 6.07) is -0.670. The summed E-state index contributed by atoms with van der Waals surface area (Å²) in [7, 11) is 1.74. The number of β-amino-alcohol motifs (C(OH)–C–C–N with tert-alkyl or cyclic N) is 1. The molecule has 0 aliphatic carbocycles. The Morgan fingerprint density at radius 1 is 1.28 bits per heavy atom. The Labute approximate surface area is 195 Å². The third kappa shape index (κ3) is 3.79. The molecule has 3 heterocycles. The molecule has 6 atom stereocenters. The lowest BCUT2D eigenvalue weighted by atomic mass is 9.65. The van der Waals surface area contributed by atoms with Crippen molar-refractivity contribution in [2.45, 2.75) is 49.1 Å². The molecule has 0 aromatic carbocycles. The summed E-state index contributed by atoms with van der Waals surface area (Å²) < 4.78 is -0.644. The van der Waals surface area contributed by atoms with Crippen molar-refractivity contribution in [1.29, 1.82) is 0 Å². The number of likely N-dealkylation sites (N-methyl/N-ethyl adjacent to an activating group) is 1. The van der Waals surface area contributed by atoms with Crippen molar-refractivity contribution in [3.63, 3.8) is 0 Å². The zero-order chi connectivity index (χ0) is 23.6. The van der Waals surface area contributed by atoms with Crippen LogP contribution in [0.2, 0.25) is 0 Å². The molecule has 3 fully saturated rings. The fourth-order valence-electron chi connectivity index (χ4n) is 5.94. The first kappa shape index (κ1) is 24.8. The lowest BCUT2D eigenvalue weighted by molar-refractivity contribution is -0.144. The van der Waals surface area contributed by atoms with Gasteiger partial charge < -0.3 is 19.8 Å². The quantitative estimate of drug-likeness (QED) is 0.473. The van der Waals surface area contributed by atoms with E-state index in [0.717, 1.165) is 19.3 Å². The number of likely N-dealkylation sites (tertiary alicyclic amines) is 1. The molecule has 3 unspecified atom stereocenters. The molecule has 3 rings (SSSR count). The summed E-state index contributed by atoms with van der Waals surface area (Å²) in [6.07, 6.45) is 6.03. The maximum absolute atomic E-state index is 13.9. The lowest BCUT2D eigenvalue weighted by Gasteiger charge is -2.40. The number of aliphatic hydroxyl groups excluding tert-OH is 1. The van der Waals surface area contributed by atoms with Gasteiger partial charge in [-0.15, -0.1) is 24.9 Å². The van der Waals surface area contributed by atoms with Crippen LogP contribution in [0, 0.1) is 17.8 Å². The predicted molar refractivity (Wildman–Crippen MR) is 127 cm³/mol. The van der Waals surface area contributed by atoms with Gasteiger partial charge in [-0.05, 0) is 18.8 Å². The molecule has 3 aliphatic rings. The van der Waals surface area contributed by atoms with Gasteiger partial charge in [0, 0.05) is 38.5 Å². The number of nitrogens with zero attached hydrogens (tertiary/aromatic N) is 3. The van der Waals surface area contributed by atoms with Crippen LogP contribution in [0.25, 0.3) is 0 Å². The molecule has 0 saturated carbocycles. The summed E-state index contributed by atoms with van der Waals surface area (Å²) in [6.45, 7) is 13.0. The molecule has 1 spiro atoms. The van der Waals surface area contributed by atoms with Crippen LogP contribution in [0.4, 0.5) is 0 Å². The van der Waals surface area contributed by atoms with E-state index in [2.05, 4.69) is 27.0 Å².